The van der Waals surface area contributed by atoms with Crippen LogP contribution >= 0.6 is 0 Å². The highest BCUT2D eigenvalue weighted by Crippen LogP contribution is 2.36. The van der Waals surface area contributed by atoms with E-state index in [0.717, 1.165) is 0 Å². The zero-order valence-electron chi connectivity index (χ0n) is 10.2. The van der Waals surface area contributed by atoms with Gasteiger partial charge in [-0.1, -0.05) is 85.0 Å². The van der Waals surface area contributed by atoms with E-state index in [4.69, 9.17) is 0 Å². The Morgan fingerprint density at radius 3 is 2.06 bits per heavy atom. The molecule has 0 amide bonds. The van der Waals surface area contributed by atoms with Gasteiger partial charge >= 0.3 is 0 Å². The number of hydrogen-bond donors (Lipinski definition) is 0. The van der Waals surface area contributed by atoms with Gasteiger partial charge in [0, 0.05) is 11.8 Å². The molecule has 0 saturated carbocycles. The lowest BCUT2D eigenvalue weighted by atomic mass is 9.79. The first-order valence-electron chi connectivity index (χ1n) is 6.27. The average Bonchev–Trinajstić information content (AvgIpc) is 2.49. The Labute approximate surface area is 108 Å². The molecule has 0 nitrogen and oxygen atoms in total. The Balaban J connectivity index is 1.98. The van der Waals surface area contributed by atoms with Crippen LogP contribution in [0.15, 0.2) is 85.0 Å². The van der Waals surface area contributed by atoms with E-state index in [1.54, 1.807) is 0 Å². The monoisotopic (exact) mass is 231 g/mol. The van der Waals surface area contributed by atoms with Crippen molar-refractivity contribution >= 4 is 0 Å². The van der Waals surface area contributed by atoms with Crippen molar-refractivity contribution < 1.29 is 0 Å². The van der Waals surface area contributed by atoms with Crippen molar-refractivity contribution in [2.75, 3.05) is 0 Å². The van der Waals surface area contributed by atoms with E-state index in [1.165, 1.54) is 17.0 Å². The molecule has 0 heterocycles. The van der Waals surface area contributed by atoms with E-state index < -0.39 is 0 Å². The maximum Gasteiger partial charge on any atom is 0.0379 e. The minimum atomic E-state index is 0.360. The minimum Gasteiger partial charge on any atom is -0.0758 e. The summed E-state index contributed by atoms with van der Waals surface area (Å²) >= 11 is 0. The van der Waals surface area contributed by atoms with Crippen molar-refractivity contribution in [2.45, 2.75) is 5.92 Å². The third-order valence-electron chi connectivity index (χ3n) is 3.29. The van der Waals surface area contributed by atoms with Gasteiger partial charge in [-0.15, -0.1) is 0 Å². The van der Waals surface area contributed by atoms with Crippen LogP contribution in [0.5, 0.6) is 0 Å². The van der Waals surface area contributed by atoms with Crippen molar-refractivity contribution in [1.29, 1.82) is 0 Å². The second kappa shape index (κ2) is 5.05. The highest BCUT2D eigenvalue weighted by atomic mass is 14.2. The molecule has 0 spiro atoms. The van der Waals surface area contributed by atoms with E-state index in [9.17, 15) is 0 Å². The Hall–Kier alpha value is -2.08. The lowest BCUT2D eigenvalue weighted by Crippen LogP contribution is -2.10. The second-order valence-electron chi connectivity index (χ2n) is 4.45. The summed E-state index contributed by atoms with van der Waals surface area (Å²) in [5.41, 5.74) is 2.64. The molecule has 0 bridgehead atoms. The number of rotatable bonds is 2. The summed E-state index contributed by atoms with van der Waals surface area (Å²) < 4.78 is 0. The molecule has 1 aliphatic rings. The average molecular weight is 231 g/mol. The minimum absolute atomic E-state index is 0.360. The molecule has 0 heteroatoms. The molecule has 0 aromatic heterocycles. The zero-order chi connectivity index (χ0) is 12.2. The largest absolute Gasteiger partial charge is 0.0758 e. The molecule has 0 fully saturated rings. The zero-order valence-corrected chi connectivity index (χ0v) is 10.2. The van der Waals surface area contributed by atoms with E-state index in [-0.39, 0.29) is 0 Å². The fourth-order valence-corrected chi connectivity index (χ4v) is 2.40. The van der Waals surface area contributed by atoms with Crippen LogP contribution < -0.4 is 0 Å². The maximum absolute atomic E-state index is 2.26. The number of hydrogen-bond acceptors (Lipinski definition) is 0. The Kier molecular flexibility index (Phi) is 3.10. The molecular weight excluding hydrogens is 216 g/mol. The van der Waals surface area contributed by atoms with Gasteiger partial charge in [-0.3, -0.25) is 0 Å². The molecule has 1 aliphatic carbocycles. The molecule has 87 valence electrons. The summed E-state index contributed by atoms with van der Waals surface area (Å²) in [4.78, 5) is 0. The van der Waals surface area contributed by atoms with Crippen LogP contribution in [0.2, 0.25) is 0 Å². The van der Waals surface area contributed by atoms with Gasteiger partial charge in [0.25, 0.3) is 0 Å². The van der Waals surface area contributed by atoms with Crippen molar-refractivity contribution in [3.8, 4) is 0 Å². The summed E-state index contributed by atoms with van der Waals surface area (Å²) in [5, 5.41) is 0. The van der Waals surface area contributed by atoms with Crippen molar-refractivity contribution in [1.82, 2.24) is 0 Å². The van der Waals surface area contributed by atoms with E-state index in [2.05, 4.69) is 85.0 Å². The Morgan fingerprint density at radius 1 is 0.667 bits per heavy atom. The first kappa shape index (κ1) is 11.0. The van der Waals surface area contributed by atoms with Crippen LogP contribution in [-0.2, 0) is 0 Å². The van der Waals surface area contributed by atoms with Crippen LogP contribution in [0.4, 0.5) is 0 Å². The summed E-state index contributed by atoms with van der Waals surface area (Å²) in [6.45, 7) is 0. The summed E-state index contributed by atoms with van der Waals surface area (Å²) in [6.07, 6.45) is 8.72. The predicted molar refractivity (Wildman–Crippen MR) is 76.3 cm³/mol. The smallest absolute Gasteiger partial charge is 0.0379 e. The fraction of sp³-hybridized carbons (Fsp3) is 0.0556. The van der Waals surface area contributed by atoms with Gasteiger partial charge in [-0.2, -0.15) is 0 Å². The third-order valence-corrected chi connectivity index (χ3v) is 3.29. The highest BCUT2D eigenvalue weighted by Gasteiger charge is 2.22. The molecule has 3 rings (SSSR count). The topological polar surface area (TPSA) is 0 Å². The lowest BCUT2D eigenvalue weighted by Gasteiger charge is -2.24. The van der Waals surface area contributed by atoms with Crippen LogP contribution in [0, 0.1) is 5.92 Å². The number of allylic oxidation sites excluding steroid dienone is 4. The normalized spacial score (nSPS) is 19.0. The van der Waals surface area contributed by atoms with E-state index in [1.807, 2.05) is 0 Å². The number of benzene rings is 2. The molecule has 0 saturated heterocycles. The summed E-state index contributed by atoms with van der Waals surface area (Å²) in [7, 11) is 0. The van der Waals surface area contributed by atoms with Crippen LogP contribution in [-0.4, -0.2) is 0 Å². The standard InChI is InChI=1S/C18H15/c1-3-9-15(10-4-1)17-13-7-8-14-18(17)16-11-5-2-6-12-16/h1-14,17H. The fourth-order valence-electron chi connectivity index (χ4n) is 2.40. The van der Waals surface area contributed by atoms with Crippen molar-refractivity contribution in [2.24, 2.45) is 0 Å². The van der Waals surface area contributed by atoms with Gasteiger partial charge in [-0.25, -0.2) is 0 Å². The lowest BCUT2D eigenvalue weighted by molar-refractivity contribution is 0.913. The van der Waals surface area contributed by atoms with Gasteiger partial charge in [-0.05, 0) is 11.1 Å². The SMILES string of the molecule is C1=C[C](c2ccccc2)C(c2ccccc2)C=C1. The van der Waals surface area contributed by atoms with Gasteiger partial charge < -0.3 is 0 Å². The van der Waals surface area contributed by atoms with Crippen LogP contribution in [0.25, 0.3) is 0 Å². The first-order valence-corrected chi connectivity index (χ1v) is 6.27. The molecule has 18 heavy (non-hydrogen) atoms. The molecule has 0 aliphatic heterocycles. The molecule has 1 unspecified atom stereocenters. The van der Waals surface area contributed by atoms with Crippen LogP contribution in [0.3, 0.4) is 0 Å². The van der Waals surface area contributed by atoms with Gasteiger partial charge in [0.15, 0.2) is 0 Å². The Bertz CT molecular complexity index is 496. The van der Waals surface area contributed by atoms with Crippen molar-refractivity contribution in [3.63, 3.8) is 0 Å². The molecule has 2 aromatic carbocycles. The maximum atomic E-state index is 2.26. The molecule has 2 aromatic rings. The quantitative estimate of drug-likeness (QED) is 0.713. The van der Waals surface area contributed by atoms with Gasteiger partial charge in [0.2, 0.25) is 0 Å². The molecule has 0 N–H and O–H groups in total. The van der Waals surface area contributed by atoms with E-state index >= 15 is 0 Å². The first-order chi connectivity index (χ1) is 8.95. The second-order valence-corrected chi connectivity index (χ2v) is 4.45. The van der Waals surface area contributed by atoms with Crippen LogP contribution in [0.1, 0.15) is 17.0 Å². The summed E-state index contributed by atoms with van der Waals surface area (Å²) in [5.74, 6) is 1.72. The summed E-state index contributed by atoms with van der Waals surface area (Å²) in [6, 6.07) is 21.2. The highest BCUT2D eigenvalue weighted by molar-refractivity contribution is 5.50. The molecule has 1 atom stereocenters. The van der Waals surface area contributed by atoms with Gasteiger partial charge in [0.05, 0.1) is 0 Å². The predicted octanol–water partition coefficient (Wildman–Crippen LogP) is 4.52. The third kappa shape index (κ3) is 2.14. The van der Waals surface area contributed by atoms with E-state index in [0.29, 0.717) is 5.92 Å². The Morgan fingerprint density at radius 2 is 1.33 bits per heavy atom. The molecular formula is C18H15. The van der Waals surface area contributed by atoms with Crippen molar-refractivity contribution in [3.05, 3.63) is 102 Å². The van der Waals surface area contributed by atoms with Gasteiger partial charge in [0.1, 0.15) is 0 Å². The molecule has 1 radical (unpaired) electrons.